The lowest BCUT2D eigenvalue weighted by Gasteiger charge is -2.54. The molecule has 19 heavy (non-hydrogen) atoms. The zero-order valence-corrected chi connectivity index (χ0v) is 12.2. The predicted octanol–water partition coefficient (Wildman–Crippen LogP) is 2.27. The van der Waals surface area contributed by atoms with Gasteiger partial charge in [-0.3, -0.25) is 4.79 Å². The minimum atomic E-state index is 0.125. The summed E-state index contributed by atoms with van der Waals surface area (Å²) in [7, 11) is 0. The van der Waals surface area contributed by atoms with Gasteiger partial charge in [-0.1, -0.05) is 12.8 Å². The van der Waals surface area contributed by atoms with E-state index in [1.54, 1.807) is 0 Å². The number of hydrogen-bond acceptors (Lipinski definition) is 3. The SMILES string of the molecule is CCOCCC(=O)NC1CC(OCC)C12CCCC2. The number of nitrogens with one attached hydrogen (secondary N) is 1. The fourth-order valence-corrected chi connectivity index (χ4v) is 3.66. The Hall–Kier alpha value is -0.610. The third-order valence-electron chi connectivity index (χ3n) is 4.70. The Morgan fingerprint density at radius 3 is 2.63 bits per heavy atom. The highest BCUT2D eigenvalue weighted by Crippen LogP contribution is 2.54. The number of rotatable bonds is 7. The van der Waals surface area contributed by atoms with Crippen LogP contribution < -0.4 is 5.32 Å². The van der Waals surface area contributed by atoms with Gasteiger partial charge in [-0.2, -0.15) is 0 Å². The van der Waals surface area contributed by atoms with Crippen LogP contribution in [0.15, 0.2) is 0 Å². The van der Waals surface area contributed by atoms with Crippen LogP contribution in [-0.2, 0) is 14.3 Å². The van der Waals surface area contributed by atoms with Gasteiger partial charge < -0.3 is 14.8 Å². The van der Waals surface area contributed by atoms with Gasteiger partial charge in [0.2, 0.25) is 5.91 Å². The molecule has 2 rings (SSSR count). The van der Waals surface area contributed by atoms with Crippen LogP contribution in [0.4, 0.5) is 0 Å². The lowest BCUT2D eigenvalue weighted by molar-refractivity contribution is -0.144. The molecule has 2 atom stereocenters. The summed E-state index contributed by atoms with van der Waals surface area (Å²) in [6, 6.07) is 0.320. The van der Waals surface area contributed by atoms with Gasteiger partial charge in [0.15, 0.2) is 0 Å². The standard InChI is InChI=1S/C15H27NO3/c1-3-18-10-7-14(17)16-12-11-13(19-4-2)15(12)8-5-6-9-15/h12-13H,3-11H2,1-2H3,(H,16,17). The molecule has 0 aromatic rings. The van der Waals surface area contributed by atoms with E-state index in [4.69, 9.17) is 9.47 Å². The summed E-state index contributed by atoms with van der Waals surface area (Å²) in [5, 5.41) is 3.20. The maximum absolute atomic E-state index is 11.9. The lowest BCUT2D eigenvalue weighted by Crippen LogP contribution is -2.63. The van der Waals surface area contributed by atoms with E-state index in [0.29, 0.717) is 31.8 Å². The van der Waals surface area contributed by atoms with E-state index in [2.05, 4.69) is 12.2 Å². The van der Waals surface area contributed by atoms with Crippen molar-refractivity contribution in [3.63, 3.8) is 0 Å². The summed E-state index contributed by atoms with van der Waals surface area (Å²) in [5.74, 6) is 0.125. The van der Waals surface area contributed by atoms with Gasteiger partial charge in [-0.05, 0) is 33.1 Å². The van der Waals surface area contributed by atoms with Crippen molar-refractivity contribution < 1.29 is 14.3 Å². The third-order valence-corrected chi connectivity index (χ3v) is 4.70. The molecule has 0 heterocycles. The first-order chi connectivity index (χ1) is 9.23. The van der Waals surface area contributed by atoms with E-state index < -0.39 is 0 Å². The quantitative estimate of drug-likeness (QED) is 0.721. The molecule has 1 amide bonds. The van der Waals surface area contributed by atoms with Crippen molar-refractivity contribution in [3.8, 4) is 0 Å². The van der Waals surface area contributed by atoms with E-state index in [-0.39, 0.29) is 11.3 Å². The summed E-state index contributed by atoms with van der Waals surface area (Å²) in [6.07, 6.45) is 6.76. The molecule has 2 fully saturated rings. The monoisotopic (exact) mass is 269 g/mol. The first-order valence-electron chi connectivity index (χ1n) is 7.71. The van der Waals surface area contributed by atoms with E-state index in [1.165, 1.54) is 25.7 Å². The lowest BCUT2D eigenvalue weighted by atomic mass is 9.60. The second kappa shape index (κ2) is 6.71. The van der Waals surface area contributed by atoms with Crippen molar-refractivity contribution in [3.05, 3.63) is 0 Å². The highest BCUT2D eigenvalue weighted by atomic mass is 16.5. The van der Waals surface area contributed by atoms with Gasteiger partial charge >= 0.3 is 0 Å². The molecule has 0 aliphatic heterocycles. The molecule has 0 radical (unpaired) electrons. The fourth-order valence-electron chi connectivity index (χ4n) is 3.66. The summed E-state index contributed by atoms with van der Waals surface area (Å²) >= 11 is 0. The fraction of sp³-hybridized carbons (Fsp3) is 0.933. The topological polar surface area (TPSA) is 47.6 Å². The van der Waals surface area contributed by atoms with Crippen LogP contribution in [0.3, 0.4) is 0 Å². The predicted molar refractivity (Wildman–Crippen MR) is 74.0 cm³/mol. The molecule has 1 N–H and O–H groups in total. The Kier molecular flexibility index (Phi) is 5.22. The Morgan fingerprint density at radius 1 is 1.26 bits per heavy atom. The molecule has 4 nitrogen and oxygen atoms in total. The van der Waals surface area contributed by atoms with E-state index in [0.717, 1.165) is 13.0 Å². The average Bonchev–Trinajstić information content (AvgIpc) is 2.90. The Labute approximate surface area is 116 Å². The zero-order valence-electron chi connectivity index (χ0n) is 12.2. The second-order valence-electron chi connectivity index (χ2n) is 5.69. The summed E-state index contributed by atoms with van der Waals surface area (Å²) in [6.45, 7) is 5.97. The molecule has 2 aliphatic rings. The molecule has 0 aromatic carbocycles. The summed E-state index contributed by atoms with van der Waals surface area (Å²) < 4.78 is 11.1. The van der Waals surface area contributed by atoms with Crippen molar-refractivity contribution in [1.29, 1.82) is 0 Å². The van der Waals surface area contributed by atoms with E-state index >= 15 is 0 Å². The number of carbonyl (C=O) groups is 1. The van der Waals surface area contributed by atoms with Crippen molar-refractivity contribution in [2.45, 2.75) is 64.5 Å². The van der Waals surface area contributed by atoms with Crippen LogP contribution in [0, 0.1) is 5.41 Å². The van der Waals surface area contributed by atoms with Gasteiger partial charge in [-0.15, -0.1) is 0 Å². The number of ether oxygens (including phenoxy) is 2. The first-order valence-corrected chi connectivity index (χ1v) is 7.71. The normalized spacial score (nSPS) is 28.3. The van der Waals surface area contributed by atoms with Crippen LogP contribution in [-0.4, -0.2) is 37.9 Å². The molecule has 0 saturated heterocycles. The molecule has 110 valence electrons. The second-order valence-corrected chi connectivity index (χ2v) is 5.69. The molecule has 0 aromatic heterocycles. The molecule has 2 saturated carbocycles. The minimum Gasteiger partial charge on any atom is -0.381 e. The number of amides is 1. The van der Waals surface area contributed by atoms with Crippen molar-refractivity contribution >= 4 is 5.91 Å². The Morgan fingerprint density at radius 2 is 2.00 bits per heavy atom. The highest BCUT2D eigenvalue weighted by molar-refractivity contribution is 5.76. The first kappa shape index (κ1) is 14.8. The Balaban J connectivity index is 1.82. The summed E-state index contributed by atoms with van der Waals surface area (Å²) in [4.78, 5) is 11.9. The molecule has 2 unspecified atom stereocenters. The Bertz CT molecular complexity index is 300. The van der Waals surface area contributed by atoms with Crippen molar-refractivity contribution in [1.82, 2.24) is 5.32 Å². The average molecular weight is 269 g/mol. The molecular formula is C15H27NO3. The van der Waals surface area contributed by atoms with Gasteiger partial charge in [0.05, 0.1) is 12.7 Å². The largest absolute Gasteiger partial charge is 0.381 e. The smallest absolute Gasteiger partial charge is 0.222 e. The third kappa shape index (κ3) is 3.11. The minimum absolute atomic E-state index is 0.125. The number of carbonyl (C=O) groups excluding carboxylic acids is 1. The van der Waals surface area contributed by atoms with Crippen LogP contribution in [0.2, 0.25) is 0 Å². The molecular weight excluding hydrogens is 242 g/mol. The maximum atomic E-state index is 11.9. The molecule has 0 bridgehead atoms. The van der Waals surface area contributed by atoms with Gasteiger partial charge in [0, 0.05) is 31.1 Å². The molecule has 1 spiro atoms. The van der Waals surface area contributed by atoms with Gasteiger partial charge in [0.1, 0.15) is 0 Å². The van der Waals surface area contributed by atoms with E-state index in [9.17, 15) is 4.79 Å². The van der Waals surface area contributed by atoms with E-state index in [1.807, 2.05) is 6.92 Å². The van der Waals surface area contributed by atoms with Crippen molar-refractivity contribution in [2.75, 3.05) is 19.8 Å². The highest BCUT2D eigenvalue weighted by Gasteiger charge is 2.57. The van der Waals surface area contributed by atoms with Gasteiger partial charge in [0.25, 0.3) is 0 Å². The van der Waals surface area contributed by atoms with Crippen LogP contribution in [0.5, 0.6) is 0 Å². The van der Waals surface area contributed by atoms with Crippen LogP contribution in [0.25, 0.3) is 0 Å². The number of hydrogen-bond donors (Lipinski definition) is 1. The molecule has 4 heteroatoms. The van der Waals surface area contributed by atoms with Crippen molar-refractivity contribution in [2.24, 2.45) is 5.41 Å². The molecule has 2 aliphatic carbocycles. The van der Waals surface area contributed by atoms with Gasteiger partial charge in [-0.25, -0.2) is 0 Å². The maximum Gasteiger partial charge on any atom is 0.222 e. The summed E-state index contributed by atoms with van der Waals surface area (Å²) in [5.41, 5.74) is 0.233. The van der Waals surface area contributed by atoms with Crippen LogP contribution >= 0.6 is 0 Å². The van der Waals surface area contributed by atoms with Crippen LogP contribution in [0.1, 0.15) is 52.4 Å². The zero-order chi connectivity index (χ0) is 13.7.